The Morgan fingerprint density at radius 1 is 1.29 bits per heavy atom. The molecule has 1 N–H and O–H groups in total. The average molecular weight is 232 g/mol. The molecular formula is C15H24N2. The van der Waals surface area contributed by atoms with E-state index in [4.69, 9.17) is 0 Å². The van der Waals surface area contributed by atoms with Gasteiger partial charge >= 0.3 is 0 Å². The van der Waals surface area contributed by atoms with E-state index in [1.807, 2.05) is 0 Å². The molecule has 0 saturated carbocycles. The summed E-state index contributed by atoms with van der Waals surface area (Å²) in [5.74, 6) is 0.627. The highest BCUT2D eigenvalue weighted by Crippen LogP contribution is 2.16. The van der Waals surface area contributed by atoms with Crippen LogP contribution in [0.3, 0.4) is 0 Å². The second kappa shape index (κ2) is 5.65. The van der Waals surface area contributed by atoms with Gasteiger partial charge in [-0.3, -0.25) is 4.90 Å². The molecule has 1 aromatic rings. The molecule has 2 heteroatoms. The second-order valence-electron chi connectivity index (χ2n) is 5.42. The van der Waals surface area contributed by atoms with Crippen LogP contribution in [-0.2, 0) is 6.54 Å². The Hall–Kier alpha value is -0.860. The fourth-order valence-corrected chi connectivity index (χ4v) is 2.36. The van der Waals surface area contributed by atoms with Crippen molar-refractivity contribution in [2.45, 2.75) is 39.3 Å². The smallest absolute Gasteiger partial charge is 0.0237 e. The minimum atomic E-state index is 0.627. The van der Waals surface area contributed by atoms with Gasteiger partial charge in [0, 0.05) is 32.2 Å². The molecule has 0 aromatic heterocycles. The normalized spacial score (nSPS) is 22.0. The van der Waals surface area contributed by atoms with Crippen molar-refractivity contribution in [1.82, 2.24) is 10.2 Å². The SMILES string of the molecule is CC(C)c1ccc(CN2CCNC[C@H]2C)cc1. The predicted octanol–water partition coefficient (Wildman–Crippen LogP) is 2.60. The molecule has 1 aliphatic heterocycles. The number of hydrogen-bond acceptors (Lipinski definition) is 2. The lowest BCUT2D eigenvalue weighted by Crippen LogP contribution is -2.49. The van der Waals surface area contributed by atoms with Gasteiger partial charge in [0.2, 0.25) is 0 Å². The van der Waals surface area contributed by atoms with Crippen LogP contribution in [0.1, 0.15) is 37.8 Å². The molecule has 2 rings (SSSR count). The summed E-state index contributed by atoms with van der Waals surface area (Å²) < 4.78 is 0. The van der Waals surface area contributed by atoms with Crippen LogP contribution in [0.5, 0.6) is 0 Å². The van der Waals surface area contributed by atoms with Crippen molar-refractivity contribution >= 4 is 0 Å². The zero-order chi connectivity index (χ0) is 12.3. The molecular weight excluding hydrogens is 208 g/mol. The van der Waals surface area contributed by atoms with E-state index in [1.165, 1.54) is 11.1 Å². The van der Waals surface area contributed by atoms with Gasteiger partial charge in [0.15, 0.2) is 0 Å². The van der Waals surface area contributed by atoms with Gasteiger partial charge in [0.05, 0.1) is 0 Å². The topological polar surface area (TPSA) is 15.3 Å². The quantitative estimate of drug-likeness (QED) is 0.862. The lowest BCUT2D eigenvalue weighted by molar-refractivity contribution is 0.165. The molecule has 1 aromatic carbocycles. The lowest BCUT2D eigenvalue weighted by Gasteiger charge is -2.33. The van der Waals surface area contributed by atoms with Crippen LogP contribution in [0.25, 0.3) is 0 Å². The van der Waals surface area contributed by atoms with Gasteiger partial charge < -0.3 is 5.32 Å². The minimum absolute atomic E-state index is 0.627. The van der Waals surface area contributed by atoms with Crippen molar-refractivity contribution in [1.29, 1.82) is 0 Å². The van der Waals surface area contributed by atoms with Gasteiger partial charge in [-0.25, -0.2) is 0 Å². The summed E-state index contributed by atoms with van der Waals surface area (Å²) in [7, 11) is 0. The molecule has 17 heavy (non-hydrogen) atoms. The second-order valence-corrected chi connectivity index (χ2v) is 5.42. The summed E-state index contributed by atoms with van der Waals surface area (Å²) in [4.78, 5) is 2.56. The highest BCUT2D eigenvalue weighted by molar-refractivity contribution is 5.24. The molecule has 1 saturated heterocycles. The molecule has 1 aliphatic rings. The summed E-state index contributed by atoms with van der Waals surface area (Å²) in [5.41, 5.74) is 2.87. The number of benzene rings is 1. The third kappa shape index (κ3) is 3.30. The minimum Gasteiger partial charge on any atom is -0.314 e. The van der Waals surface area contributed by atoms with Crippen LogP contribution in [0, 0.1) is 0 Å². The first kappa shape index (κ1) is 12.6. The first-order valence-corrected chi connectivity index (χ1v) is 6.70. The largest absolute Gasteiger partial charge is 0.314 e. The highest BCUT2D eigenvalue weighted by Gasteiger charge is 2.17. The maximum atomic E-state index is 3.43. The predicted molar refractivity (Wildman–Crippen MR) is 73.3 cm³/mol. The average Bonchev–Trinajstić information content (AvgIpc) is 2.33. The highest BCUT2D eigenvalue weighted by atomic mass is 15.2. The molecule has 0 aliphatic carbocycles. The molecule has 1 heterocycles. The van der Waals surface area contributed by atoms with Crippen molar-refractivity contribution in [3.05, 3.63) is 35.4 Å². The summed E-state index contributed by atoms with van der Waals surface area (Å²) in [6.07, 6.45) is 0. The van der Waals surface area contributed by atoms with Gasteiger partial charge in [-0.05, 0) is 24.0 Å². The van der Waals surface area contributed by atoms with Gasteiger partial charge in [-0.1, -0.05) is 38.1 Å². The summed E-state index contributed by atoms with van der Waals surface area (Å²) in [6, 6.07) is 9.75. The van der Waals surface area contributed by atoms with E-state index in [2.05, 4.69) is 55.3 Å². The van der Waals surface area contributed by atoms with E-state index >= 15 is 0 Å². The van der Waals surface area contributed by atoms with Gasteiger partial charge in [0.1, 0.15) is 0 Å². The number of nitrogens with one attached hydrogen (secondary N) is 1. The van der Waals surface area contributed by atoms with Crippen molar-refractivity contribution in [3.63, 3.8) is 0 Å². The number of nitrogens with zero attached hydrogens (tertiary/aromatic N) is 1. The number of rotatable bonds is 3. The Kier molecular flexibility index (Phi) is 4.19. The Morgan fingerprint density at radius 2 is 2.00 bits per heavy atom. The Labute approximate surface area is 105 Å². The first-order chi connectivity index (χ1) is 8.16. The number of piperazine rings is 1. The van der Waals surface area contributed by atoms with Crippen molar-refractivity contribution in [2.75, 3.05) is 19.6 Å². The van der Waals surface area contributed by atoms with Gasteiger partial charge in [-0.2, -0.15) is 0 Å². The molecule has 0 spiro atoms. The Morgan fingerprint density at radius 3 is 2.59 bits per heavy atom. The monoisotopic (exact) mass is 232 g/mol. The van der Waals surface area contributed by atoms with Gasteiger partial charge in [-0.15, -0.1) is 0 Å². The first-order valence-electron chi connectivity index (χ1n) is 6.70. The van der Waals surface area contributed by atoms with E-state index in [0.717, 1.165) is 26.2 Å². The van der Waals surface area contributed by atoms with E-state index in [1.54, 1.807) is 0 Å². The van der Waals surface area contributed by atoms with Crippen LogP contribution in [-0.4, -0.2) is 30.6 Å². The zero-order valence-electron chi connectivity index (χ0n) is 11.2. The van der Waals surface area contributed by atoms with E-state index < -0.39 is 0 Å². The molecule has 1 fully saturated rings. The Bertz CT molecular complexity index is 342. The van der Waals surface area contributed by atoms with Crippen molar-refractivity contribution in [3.8, 4) is 0 Å². The fourth-order valence-electron chi connectivity index (χ4n) is 2.36. The van der Waals surface area contributed by atoms with Crippen molar-refractivity contribution < 1.29 is 0 Å². The maximum Gasteiger partial charge on any atom is 0.0237 e. The maximum absolute atomic E-state index is 3.43. The van der Waals surface area contributed by atoms with E-state index in [0.29, 0.717) is 12.0 Å². The molecule has 0 radical (unpaired) electrons. The molecule has 1 atom stereocenters. The Balaban J connectivity index is 1.98. The molecule has 0 amide bonds. The summed E-state index contributed by atoms with van der Waals surface area (Å²) in [5, 5.41) is 3.43. The van der Waals surface area contributed by atoms with Gasteiger partial charge in [0.25, 0.3) is 0 Å². The van der Waals surface area contributed by atoms with Crippen LogP contribution in [0.2, 0.25) is 0 Å². The third-order valence-corrected chi connectivity index (χ3v) is 3.67. The fraction of sp³-hybridized carbons (Fsp3) is 0.600. The molecule has 0 unspecified atom stereocenters. The third-order valence-electron chi connectivity index (χ3n) is 3.67. The zero-order valence-corrected chi connectivity index (χ0v) is 11.2. The molecule has 0 bridgehead atoms. The number of hydrogen-bond donors (Lipinski definition) is 1. The van der Waals surface area contributed by atoms with Crippen LogP contribution in [0.15, 0.2) is 24.3 Å². The van der Waals surface area contributed by atoms with Crippen LogP contribution in [0.4, 0.5) is 0 Å². The summed E-state index contributed by atoms with van der Waals surface area (Å²) >= 11 is 0. The van der Waals surface area contributed by atoms with Crippen LogP contribution >= 0.6 is 0 Å². The molecule has 2 nitrogen and oxygen atoms in total. The molecule has 94 valence electrons. The van der Waals surface area contributed by atoms with Crippen molar-refractivity contribution in [2.24, 2.45) is 0 Å². The van der Waals surface area contributed by atoms with E-state index in [-0.39, 0.29) is 0 Å². The standard InChI is InChI=1S/C15H24N2/c1-12(2)15-6-4-14(5-7-15)11-17-9-8-16-10-13(17)3/h4-7,12-13,16H,8-11H2,1-3H3/t13-/m1/s1. The summed E-state index contributed by atoms with van der Waals surface area (Å²) in [6.45, 7) is 11.3. The van der Waals surface area contributed by atoms with Crippen LogP contribution < -0.4 is 5.32 Å². The van der Waals surface area contributed by atoms with E-state index in [9.17, 15) is 0 Å². The lowest BCUT2D eigenvalue weighted by atomic mass is 10.0.